The van der Waals surface area contributed by atoms with Crippen LogP contribution < -0.4 is 4.74 Å². The van der Waals surface area contributed by atoms with E-state index in [0.29, 0.717) is 6.61 Å². The Labute approximate surface area is 92.1 Å². The van der Waals surface area contributed by atoms with E-state index in [2.05, 4.69) is 38.1 Å². The van der Waals surface area contributed by atoms with Gasteiger partial charge in [-0.25, -0.2) is 0 Å². The van der Waals surface area contributed by atoms with Gasteiger partial charge in [-0.2, -0.15) is 0 Å². The standard InChI is InChI=1S/C14H18O/c1-4-5-13-6-8-14(9-7-13)15-11-10-12(2)3/h4-10H,11H2,1-3H3. The second-order valence-electron chi connectivity index (χ2n) is 3.66. The minimum atomic E-state index is 0.644. The molecule has 0 fully saturated rings. The summed E-state index contributed by atoms with van der Waals surface area (Å²) in [5.74, 6) is 0.917. The molecule has 0 unspecified atom stereocenters. The highest BCUT2D eigenvalue weighted by Gasteiger charge is 1.91. The van der Waals surface area contributed by atoms with Gasteiger partial charge < -0.3 is 4.74 Å². The third-order valence-corrected chi connectivity index (χ3v) is 1.98. The smallest absolute Gasteiger partial charge is 0.119 e. The predicted molar refractivity (Wildman–Crippen MR) is 66.1 cm³/mol. The molecule has 0 N–H and O–H groups in total. The molecule has 0 spiro atoms. The second kappa shape index (κ2) is 6.07. The summed E-state index contributed by atoms with van der Waals surface area (Å²) in [7, 11) is 0. The van der Waals surface area contributed by atoms with Crippen molar-refractivity contribution in [1.29, 1.82) is 0 Å². The maximum absolute atomic E-state index is 5.55. The third kappa shape index (κ3) is 4.50. The monoisotopic (exact) mass is 202 g/mol. The SMILES string of the molecule is CC=Cc1ccc(OCC=C(C)C)cc1. The van der Waals surface area contributed by atoms with Gasteiger partial charge in [0.1, 0.15) is 12.4 Å². The van der Waals surface area contributed by atoms with Crippen molar-refractivity contribution in [3.8, 4) is 5.75 Å². The maximum Gasteiger partial charge on any atom is 0.119 e. The third-order valence-electron chi connectivity index (χ3n) is 1.98. The summed E-state index contributed by atoms with van der Waals surface area (Å²) in [6, 6.07) is 8.10. The molecule has 1 heteroatoms. The Balaban J connectivity index is 2.53. The van der Waals surface area contributed by atoms with Crippen molar-refractivity contribution in [3.63, 3.8) is 0 Å². The summed E-state index contributed by atoms with van der Waals surface area (Å²) in [6.07, 6.45) is 6.17. The summed E-state index contributed by atoms with van der Waals surface area (Å²) in [6.45, 7) is 6.79. The van der Waals surface area contributed by atoms with Crippen molar-refractivity contribution in [2.75, 3.05) is 6.61 Å². The Morgan fingerprint density at radius 2 is 1.87 bits per heavy atom. The Hall–Kier alpha value is -1.50. The lowest BCUT2D eigenvalue weighted by Gasteiger charge is -2.03. The summed E-state index contributed by atoms with van der Waals surface area (Å²) in [4.78, 5) is 0. The minimum absolute atomic E-state index is 0.644. The molecule has 0 amide bonds. The Kier molecular flexibility index (Phi) is 4.69. The molecule has 0 aliphatic heterocycles. The van der Waals surface area contributed by atoms with Crippen LogP contribution in [0.4, 0.5) is 0 Å². The molecule has 15 heavy (non-hydrogen) atoms. The van der Waals surface area contributed by atoms with E-state index in [1.165, 1.54) is 11.1 Å². The van der Waals surface area contributed by atoms with E-state index in [1.807, 2.05) is 25.1 Å². The van der Waals surface area contributed by atoms with Crippen LogP contribution in [-0.2, 0) is 0 Å². The van der Waals surface area contributed by atoms with Gasteiger partial charge in [-0.1, -0.05) is 29.9 Å². The first-order valence-electron chi connectivity index (χ1n) is 5.21. The lowest BCUT2D eigenvalue weighted by molar-refractivity contribution is 0.362. The van der Waals surface area contributed by atoms with Crippen LogP contribution >= 0.6 is 0 Å². The van der Waals surface area contributed by atoms with E-state index in [1.54, 1.807) is 0 Å². The zero-order chi connectivity index (χ0) is 11.1. The minimum Gasteiger partial charge on any atom is -0.490 e. The molecule has 0 aliphatic carbocycles. The van der Waals surface area contributed by atoms with E-state index in [-0.39, 0.29) is 0 Å². The fraction of sp³-hybridized carbons (Fsp3) is 0.286. The van der Waals surface area contributed by atoms with Gasteiger partial charge in [0.05, 0.1) is 0 Å². The lowest BCUT2D eigenvalue weighted by Crippen LogP contribution is -1.93. The summed E-state index contributed by atoms with van der Waals surface area (Å²) < 4.78 is 5.55. The highest BCUT2D eigenvalue weighted by Crippen LogP contribution is 2.13. The van der Waals surface area contributed by atoms with Gasteiger partial charge in [-0.05, 0) is 44.5 Å². The van der Waals surface area contributed by atoms with Crippen LogP contribution in [0, 0.1) is 0 Å². The second-order valence-corrected chi connectivity index (χ2v) is 3.66. The van der Waals surface area contributed by atoms with Crippen molar-refractivity contribution in [3.05, 3.63) is 47.6 Å². The largest absolute Gasteiger partial charge is 0.490 e. The van der Waals surface area contributed by atoms with E-state index >= 15 is 0 Å². The average molecular weight is 202 g/mol. The Bertz CT molecular complexity index is 340. The molecule has 0 heterocycles. The molecule has 1 nitrogen and oxygen atoms in total. The molecule has 0 atom stereocenters. The van der Waals surface area contributed by atoms with Gasteiger partial charge >= 0.3 is 0 Å². The van der Waals surface area contributed by atoms with Gasteiger partial charge in [0.15, 0.2) is 0 Å². The average Bonchev–Trinajstić information content (AvgIpc) is 2.20. The van der Waals surface area contributed by atoms with Crippen LogP contribution in [0.1, 0.15) is 26.3 Å². The summed E-state index contributed by atoms with van der Waals surface area (Å²) in [5, 5.41) is 0. The summed E-state index contributed by atoms with van der Waals surface area (Å²) in [5.41, 5.74) is 2.48. The number of hydrogen-bond donors (Lipinski definition) is 0. The molecule has 80 valence electrons. The summed E-state index contributed by atoms with van der Waals surface area (Å²) >= 11 is 0. The van der Waals surface area contributed by atoms with E-state index < -0.39 is 0 Å². The zero-order valence-corrected chi connectivity index (χ0v) is 9.66. The van der Waals surface area contributed by atoms with Crippen molar-refractivity contribution < 1.29 is 4.74 Å². The van der Waals surface area contributed by atoms with Crippen LogP contribution in [0.15, 0.2) is 42.0 Å². The van der Waals surface area contributed by atoms with Crippen molar-refractivity contribution >= 4 is 6.08 Å². The van der Waals surface area contributed by atoms with Gasteiger partial charge in [0.25, 0.3) is 0 Å². The zero-order valence-electron chi connectivity index (χ0n) is 9.66. The molecule has 1 rings (SSSR count). The quantitative estimate of drug-likeness (QED) is 0.669. The molecule has 0 bridgehead atoms. The molecule has 0 saturated carbocycles. The number of hydrogen-bond acceptors (Lipinski definition) is 1. The first-order chi connectivity index (χ1) is 7.22. The van der Waals surface area contributed by atoms with Crippen molar-refractivity contribution in [2.24, 2.45) is 0 Å². The first kappa shape index (κ1) is 11.6. The van der Waals surface area contributed by atoms with Crippen LogP contribution in [0.25, 0.3) is 6.08 Å². The highest BCUT2D eigenvalue weighted by molar-refractivity contribution is 5.50. The van der Waals surface area contributed by atoms with E-state index in [0.717, 1.165) is 5.75 Å². The first-order valence-corrected chi connectivity index (χ1v) is 5.21. The molecular weight excluding hydrogens is 184 g/mol. The molecule has 0 radical (unpaired) electrons. The van der Waals surface area contributed by atoms with Gasteiger partial charge in [0, 0.05) is 0 Å². The topological polar surface area (TPSA) is 9.23 Å². The van der Waals surface area contributed by atoms with Crippen LogP contribution in [0.3, 0.4) is 0 Å². The fourth-order valence-electron chi connectivity index (χ4n) is 1.17. The number of rotatable bonds is 4. The molecule has 1 aromatic carbocycles. The molecular formula is C14H18O. The number of allylic oxidation sites excluding steroid dienone is 2. The maximum atomic E-state index is 5.55. The number of benzene rings is 1. The van der Waals surface area contributed by atoms with Crippen molar-refractivity contribution in [1.82, 2.24) is 0 Å². The van der Waals surface area contributed by atoms with Crippen LogP contribution in [0.5, 0.6) is 5.75 Å². The van der Waals surface area contributed by atoms with Crippen LogP contribution in [0.2, 0.25) is 0 Å². The molecule has 1 aromatic rings. The van der Waals surface area contributed by atoms with Gasteiger partial charge in [0.2, 0.25) is 0 Å². The van der Waals surface area contributed by atoms with Crippen molar-refractivity contribution in [2.45, 2.75) is 20.8 Å². The lowest BCUT2D eigenvalue weighted by atomic mass is 10.2. The predicted octanol–water partition coefficient (Wildman–Crippen LogP) is 4.06. The normalized spacial score (nSPS) is 10.3. The Morgan fingerprint density at radius 3 is 2.40 bits per heavy atom. The van der Waals surface area contributed by atoms with E-state index in [9.17, 15) is 0 Å². The number of ether oxygens (including phenoxy) is 1. The van der Waals surface area contributed by atoms with Gasteiger partial charge in [-0.15, -0.1) is 0 Å². The highest BCUT2D eigenvalue weighted by atomic mass is 16.5. The Morgan fingerprint density at radius 1 is 1.20 bits per heavy atom. The van der Waals surface area contributed by atoms with Crippen LogP contribution in [-0.4, -0.2) is 6.61 Å². The van der Waals surface area contributed by atoms with Gasteiger partial charge in [-0.3, -0.25) is 0 Å². The fourth-order valence-corrected chi connectivity index (χ4v) is 1.17. The molecule has 0 saturated heterocycles. The van der Waals surface area contributed by atoms with E-state index in [4.69, 9.17) is 4.74 Å². The molecule has 0 aliphatic rings. The molecule has 0 aromatic heterocycles.